The van der Waals surface area contributed by atoms with Crippen LogP contribution in [-0.2, 0) is 6.54 Å². The molecule has 2 heterocycles. The minimum atomic E-state index is 0.674. The van der Waals surface area contributed by atoms with Crippen molar-refractivity contribution in [3.63, 3.8) is 0 Å². The van der Waals surface area contributed by atoms with Gasteiger partial charge in [-0.15, -0.1) is 0 Å². The zero-order chi connectivity index (χ0) is 15.5. The van der Waals surface area contributed by atoms with Gasteiger partial charge in [0.2, 0.25) is 5.75 Å². The van der Waals surface area contributed by atoms with Crippen molar-refractivity contribution >= 4 is 0 Å². The molecule has 3 rings (SSSR count). The van der Waals surface area contributed by atoms with Gasteiger partial charge in [0, 0.05) is 18.6 Å². The lowest BCUT2D eigenvalue weighted by Gasteiger charge is -2.46. The molecule has 0 amide bonds. The Morgan fingerprint density at radius 1 is 0.864 bits per heavy atom. The van der Waals surface area contributed by atoms with Gasteiger partial charge in [-0.3, -0.25) is 4.90 Å². The SMILES string of the molecule is COc1cc(CN2C3CCCC2CCC3)cc(OC)c1OC. The molecule has 2 aliphatic rings. The minimum absolute atomic E-state index is 0.674. The Hall–Kier alpha value is -1.42. The zero-order valence-corrected chi connectivity index (χ0v) is 13.9. The third-order valence-electron chi connectivity index (χ3n) is 5.18. The molecule has 122 valence electrons. The molecule has 0 aliphatic carbocycles. The first-order valence-electron chi connectivity index (χ1n) is 8.31. The van der Waals surface area contributed by atoms with E-state index >= 15 is 0 Å². The van der Waals surface area contributed by atoms with E-state index in [9.17, 15) is 0 Å². The first-order valence-corrected chi connectivity index (χ1v) is 8.31. The molecule has 1 aromatic rings. The van der Waals surface area contributed by atoms with Crippen molar-refractivity contribution in [2.24, 2.45) is 0 Å². The molecule has 0 aromatic heterocycles. The fourth-order valence-corrected chi connectivity index (χ4v) is 4.12. The van der Waals surface area contributed by atoms with Crippen LogP contribution in [0.25, 0.3) is 0 Å². The molecule has 0 saturated carbocycles. The maximum absolute atomic E-state index is 5.48. The van der Waals surface area contributed by atoms with E-state index in [1.165, 1.54) is 44.1 Å². The minimum Gasteiger partial charge on any atom is -0.493 e. The summed E-state index contributed by atoms with van der Waals surface area (Å²) in [7, 11) is 5.00. The highest BCUT2D eigenvalue weighted by atomic mass is 16.5. The van der Waals surface area contributed by atoms with Gasteiger partial charge in [-0.1, -0.05) is 12.8 Å². The molecule has 0 unspecified atom stereocenters. The van der Waals surface area contributed by atoms with Crippen molar-refractivity contribution < 1.29 is 14.2 Å². The largest absolute Gasteiger partial charge is 0.493 e. The van der Waals surface area contributed by atoms with Crippen LogP contribution in [0.15, 0.2) is 12.1 Å². The topological polar surface area (TPSA) is 30.9 Å². The van der Waals surface area contributed by atoms with Crippen LogP contribution in [-0.4, -0.2) is 38.3 Å². The first kappa shape index (κ1) is 15.5. The van der Waals surface area contributed by atoms with Gasteiger partial charge in [0.15, 0.2) is 11.5 Å². The molecular formula is C18H27NO3. The summed E-state index contributed by atoms with van der Waals surface area (Å²) in [6.07, 6.45) is 8.17. The quantitative estimate of drug-likeness (QED) is 0.831. The molecule has 0 radical (unpaired) electrons. The van der Waals surface area contributed by atoms with E-state index in [0.717, 1.165) is 30.1 Å². The van der Waals surface area contributed by atoms with Crippen molar-refractivity contribution in [1.29, 1.82) is 0 Å². The van der Waals surface area contributed by atoms with Crippen LogP contribution in [0.1, 0.15) is 44.1 Å². The Balaban J connectivity index is 1.85. The maximum Gasteiger partial charge on any atom is 0.203 e. The predicted molar refractivity (Wildman–Crippen MR) is 86.9 cm³/mol. The highest BCUT2D eigenvalue weighted by Crippen LogP contribution is 2.40. The number of ether oxygens (including phenoxy) is 3. The Morgan fingerprint density at radius 2 is 1.36 bits per heavy atom. The molecule has 0 N–H and O–H groups in total. The number of fused-ring (bicyclic) bond motifs is 2. The van der Waals surface area contributed by atoms with Crippen molar-refractivity contribution in [2.75, 3.05) is 21.3 Å². The van der Waals surface area contributed by atoms with Gasteiger partial charge in [-0.25, -0.2) is 0 Å². The number of hydrogen-bond acceptors (Lipinski definition) is 4. The Kier molecular flexibility index (Phi) is 4.77. The van der Waals surface area contributed by atoms with Gasteiger partial charge in [0.25, 0.3) is 0 Å². The third kappa shape index (κ3) is 2.89. The summed E-state index contributed by atoms with van der Waals surface area (Å²) in [4.78, 5) is 2.70. The smallest absolute Gasteiger partial charge is 0.203 e. The summed E-state index contributed by atoms with van der Waals surface area (Å²) < 4.78 is 16.4. The van der Waals surface area contributed by atoms with E-state index in [4.69, 9.17) is 14.2 Å². The van der Waals surface area contributed by atoms with E-state index in [0.29, 0.717) is 5.75 Å². The van der Waals surface area contributed by atoms with Gasteiger partial charge in [0.05, 0.1) is 21.3 Å². The van der Waals surface area contributed by atoms with E-state index < -0.39 is 0 Å². The van der Waals surface area contributed by atoms with E-state index in [2.05, 4.69) is 17.0 Å². The van der Waals surface area contributed by atoms with Gasteiger partial charge in [-0.05, 0) is 43.4 Å². The molecular weight excluding hydrogens is 278 g/mol. The van der Waals surface area contributed by atoms with Crippen LogP contribution in [0.2, 0.25) is 0 Å². The monoisotopic (exact) mass is 305 g/mol. The number of piperidine rings is 2. The lowest BCUT2D eigenvalue weighted by Crippen LogP contribution is -2.48. The van der Waals surface area contributed by atoms with Crippen LogP contribution in [0.3, 0.4) is 0 Å². The molecule has 1 aromatic carbocycles. The molecule has 2 fully saturated rings. The highest BCUT2D eigenvalue weighted by molar-refractivity contribution is 5.53. The second-order valence-electron chi connectivity index (χ2n) is 6.38. The summed E-state index contributed by atoms with van der Waals surface area (Å²) in [5.74, 6) is 2.17. The highest BCUT2D eigenvalue weighted by Gasteiger charge is 2.33. The van der Waals surface area contributed by atoms with Crippen LogP contribution in [0.4, 0.5) is 0 Å². The molecule has 2 aliphatic heterocycles. The molecule has 2 bridgehead atoms. The van der Waals surface area contributed by atoms with E-state index in [-0.39, 0.29) is 0 Å². The molecule has 0 spiro atoms. The van der Waals surface area contributed by atoms with Gasteiger partial charge in [0.1, 0.15) is 0 Å². The van der Waals surface area contributed by atoms with Gasteiger partial charge >= 0.3 is 0 Å². The predicted octanol–water partition coefficient (Wildman–Crippen LogP) is 3.62. The molecule has 2 saturated heterocycles. The second kappa shape index (κ2) is 6.78. The summed E-state index contributed by atoms with van der Waals surface area (Å²) in [6.45, 7) is 0.978. The van der Waals surface area contributed by atoms with Crippen molar-refractivity contribution in [3.8, 4) is 17.2 Å². The standard InChI is InChI=1S/C18H27NO3/c1-20-16-10-13(11-17(21-2)18(16)22-3)12-19-14-6-4-7-15(19)9-5-8-14/h10-11,14-15H,4-9,12H2,1-3H3. The van der Waals surface area contributed by atoms with Crippen molar-refractivity contribution in [2.45, 2.75) is 57.2 Å². The fourth-order valence-electron chi connectivity index (χ4n) is 4.12. The molecule has 4 heteroatoms. The zero-order valence-electron chi connectivity index (χ0n) is 13.9. The Labute approximate surface area is 133 Å². The summed E-state index contributed by atoms with van der Waals surface area (Å²) in [5, 5.41) is 0. The summed E-state index contributed by atoms with van der Waals surface area (Å²) >= 11 is 0. The summed E-state index contributed by atoms with van der Waals surface area (Å²) in [5.41, 5.74) is 1.24. The molecule has 4 nitrogen and oxygen atoms in total. The average molecular weight is 305 g/mol. The van der Waals surface area contributed by atoms with Crippen molar-refractivity contribution in [3.05, 3.63) is 17.7 Å². The lowest BCUT2D eigenvalue weighted by atomic mass is 9.84. The molecule has 0 atom stereocenters. The number of rotatable bonds is 5. The Morgan fingerprint density at radius 3 is 1.77 bits per heavy atom. The van der Waals surface area contributed by atoms with Crippen LogP contribution in [0.5, 0.6) is 17.2 Å². The van der Waals surface area contributed by atoms with Crippen molar-refractivity contribution in [1.82, 2.24) is 4.90 Å². The fraction of sp³-hybridized carbons (Fsp3) is 0.667. The lowest BCUT2D eigenvalue weighted by molar-refractivity contribution is 0.0331. The Bertz CT molecular complexity index is 470. The third-order valence-corrected chi connectivity index (χ3v) is 5.18. The van der Waals surface area contributed by atoms with E-state index in [1.54, 1.807) is 21.3 Å². The number of hydrogen-bond donors (Lipinski definition) is 0. The van der Waals surface area contributed by atoms with Crippen LogP contribution in [0, 0.1) is 0 Å². The van der Waals surface area contributed by atoms with E-state index in [1.807, 2.05) is 0 Å². The average Bonchev–Trinajstić information content (AvgIpc) is 2.53. The number of benzene rings is 1. The summed E-state index contributed by atoms with van der Waals surface area (Å²) in [6, 6.07) is 5.69. The van der Waals surface area contributed by atoms with Crippen LogP contribution < -0.4 is 14.2 Å². The maximum atomic E-state index is 5.48. The van der Waals surface area contributed by atoms with Crippen LogP contribution >= 0.6 is 0 Å². The second-order valence-corrected chi connectivity index (χ2v) is 6.38. The number of nitrogens with zero attached hydrogens (tertiary/aromatic N) is 1. The van der Waals surface area contributed by atoms with Gasteiger partial charge < -0.3 is 14.2 Å². The normalized spacial score (nSPS) is 24.9. The van der Waals surface area contributed by atoms with Gasteiger partial charge in [-0.2, -0.15) is 0 Å². The first-order chi connectivity index (χ1) is 10.8. The molecule has 22 heavy (non-hydrogen) atoms. The number of methoxy groups -OCH3 is 3.